The molecule has 2 fully saturated rings. The fourth-order valence-corrected chi connectivity index (χ4v) is 6.91. The standard InChI is InChI=1S/C26H32N2O6S/c1-28-12-8-18(9-13-28)34-23-15-17(14-20-19(23)16-24(29)26(20)10-5-11-26)27-35(30,31)25-21(32-2)6-4-7-22(25)33-3/h4,6-7,14-15,18,27H,5,8-13,16H2,1-3H3. The molecule has 8 nitrogen and oxygen atoms in total. The van der Waals surface area contributed by atoms with Crippen LogP contribution in [0.15, 0.2) is 35.2 Å². The normalized spacial score (nSPS) is 19.8. The molecule has 1 aliphatic heterocycles. The number of methoxy groups -OCH3 is 2. The highest BCUT2D eigenvalue weighted by Crippen LogP contribution is 2.53. The van der Waals surface area contributed by atoms with Crippen molar-refractivity contribution < 1.29 is 27.4 Å². The first-order valence-corrected chi connectivity index (χ1v) is 13.6. The second-order valence-corrected chi connectivity index (χ2v) is 11.4. The van der Waals surface area contributed by atoms with Crippen LogP contribution in [0.5, 0.6) is 17.2 Å². The first-order valence-electron chi connectivity index (χ1n) is 12.1. The van der Waals surface area contributed by atoms with E-state index in [1.807, 2.05) is 6.07 Å². The van der Waals surface area contributed by atoms with E-state index < -0.39 is 15.4 Å². The smallest absolute Gasteiger partial charge is 0.269 e. The summed E-state index contributed by atoms with van der Waals surface area (Å²) in [6.45, 7) is 1.88. The molecule has 2 aromatic carbocycles. The summed E-state index contributed by atoms with van der Waals surface area (Å²) >= 11 is 0. The van der Waals surface area contributed by atoms with Gasteiger partial charge in [-0.05, 0) is 56.5 Å². The molecule has 2 aromatic rings. The van der Waals surface area contributed by atoms with E-state index in [0.29, 0.717) is 17.9 Å². The van der Waals surface area contributed by atoms with Gasteiger partial charge in [-0.2, -0.15) is 0 Å². The maximum absolute atomic E-state index is 13.5. The molecule has 0 unspecified atom stereocenters. The van der Waals surface area contributed by atoms with E-state index in [-0.39, 0.29) is 28.3 Å². The van der Waals surface area contributed by atoms with Gasteiger partial charge in [0.1, 0.15) is 29.1 Å². The number of ketones is 1. The van der Waals surface area contributed by atoms with Crippen molar-refractivity contribution in [2.75, 3.05) is 39.1 Å². The van der Waals surface area contributed by atoms with Crippen molar-refractivity contribution in [1.82, 2.24) is 4.90 Å². The minimum Gasteiger partial charge on any atom is -0.495 e. The van der Waals surface area contributed by atoms with E-state index in [4.69, 9.17) is 14.2 Å². The number of hydrogen-bond acceptors (Lipinski definition) is 7. The first-order chi connectivity index (χ1) is 16.8. The minimum absolute atomic E-state index is 0.0320. The first kappa shape index (κ1) is 23.9. The number of benzene rings is 2. The van der Waals surface area contributed by atoms with E-state index in [9.17, 15) is 13.2 Å². The lowest BCUT2D eigenvalue weighted by Crippen LogP contribution is -2.39. The molecule has 0 aromatic heterocycles. The molecule has 1 heterocycles. The average molecular weight is 501 g/mol. The number of ether oxygens (including phenoxy) is 3. The number of piperidine rings is 1. The highest BCUT2D eigenvalue weighted by Gasteiger charge is 2.51. The van der Waals surface area contributed by atoms with Crippen LogP contribution < -0.4 is 18.9 Å². The van der Waals surface area contributed by atoms with Gasteiger partial charge in [-0.3, -0.25) is 9.52 Å². The lowest BCUT2D eigenvalue weighted by molar-refractivity contribution is -0.125. The zero-order chi connectivity index (χ0) is 24.8. The summed E-state index contributed by atoms with van der Waals surface area (Å²) in [6, 6.07) is 8.38. The van der Waals surface area contributed by atoms with Gasteiger partial charge in [0.25, 0.3) is 10.0 Å². The fourth-order valence-electron chi connectivity index (χ4n) is 5.55. The SMILES string of the molecule is COc1cccc(OC)c1S(=O)(=O)Nc1cc(OC2CCN(C)CC2)c2c(c1)C1(CCC1)C(=O)C2. The number of anilines is 1. The van der Waals surface area contributed by atoms with Gasteiger partial charge in [-0.25, -0.2) is 8.42 Å². The van der Waals surface area contributed by atoms with E-state index in [1.165, 1.54) is 14.2 Å². The molecule has 1 spiro atoms. The summed E-state index contributed by atoms with van der Waals surface area (Å²) in [6.07, 6.45) is 4.73. The van der Waals surface area contributed by atoms with Crippen LogP contribution in [0.1, 0.15) is 43.2 Å². The molecule has 0 bridgehead atoms. The predicted octanol–water partition coefficient (Wildman–Crippen LogP) is 3.52. The zero-order valence-corrected chi connectivity index (χ0v) is 21.2. The van der Waals surface area contributed by atoms with Crippen LogP contribution in [0.4, 0.5) is 5.69 Å². The van der Waals surface area contributed by atoms with Crippen molar-refractivity contribution in [3.05, 3.63) is 41.5 Å². The number of carbonyl (C=O) groups excluding carboxylic acids is 1. The molecule has 9 heteroatoms. The third-order valence-electron chi connectivity index (χ3n) is 7.67. The van der Waals surface area contributed by atoms with Gasteiger partial charge >= 0.3 is 0 Å². The zero-order valence-electron chi connectivity index (χ0n) is 20.4. The van der Waals surface area contributed by atoms with Crippen LogP contribution in [0.3, 0.4) is 0 Å². The van der Waals surface area contributed by atoms with Gasteiger partial charge in [0.15, 0.2) is 4.90 Å². The van der Waals surface area contributed by atoms with Gasteiger partial charge in [-0.1, -0.05) is 12.5 Å². The predicted molar refractivity (Wildman–Crippen MR) is 132 cm³/mol. The largest absolute Gasteiger partial charge is 0.495 e. The second kappa shape index (κ2) is 9.02. The van der Waals surface area contributed by atoms with Crippen molar-refractivity contribution in [3.8, 4) is 17.2 Å². The molecular formula is C26H32N2O6S. The molecular weight excluding hydrogens is 468 g/mol. The number of likely N-dealkylation sites (tertiary alicyclic amines) is 1. The third kappa shape index (κ3) is 4.14. The third-order valence-corrected chi connectivity index (χ3v) is 9.11. The van der Waals surface area contributed by atoms with Gasteiger partial charge in [0.2, 0.25) is 0 Å². The van der Waals surface area contributed by atoms with E-state index >= 15 is 0 Å². The Bertz CT molecular complexity index is 1220. The Labute approximate surface area is 206 Å². The van der Waals surface area contributed by atoms with Crippen LogP contribution in [0, 0.1) is 0 Å². The van der Waals surface area contributed by atoms with E-state index in [1.54, 1.807) is 24.3 Å². The molecule has 0 radical (unpaired) electrons. The molecule has 5 rings (SSSR count). The van der Waals surface area contributed by atoms with Crippen molar-refractivity contribution in [2.24, 2.45) is 0 Å². The monoisotopic (exact) mass is 500 g/mol. The topological polar surface area (TPSA) is 94.2 Å². The minimum atomic E-state index is -4.06. The van der Waals surface area contributed by atoms with Crippen molar-refractivity contribution in [3.63, 3.8) is 0 Å². The molecule has 1 saturated carbocycles. The van der Waals surface area contributed by atoms with Gasteiger partial charge < -0.3 is 19.1 Å². The van der Waals surface area contributed by atoms with E-state index in [2.05, 4.69) is 16.7 Å². The maximum Gasteiger partial charge on any atom is 0.269 e. The quantitative estimate of drug-likeness (QED) is 0.622. The summed E-state index contributed by atoms with van der Waals surface area (Å²) in [5.41, 5.74) is 1.68. The molecule has 0 atom stereocenters. The lowest BCUT2D eigenvalue weighted by Gasteiger charge is -2.38. The van der Waals surface area contributed by atoms with Crippen LogP contribution in [0.25, 0.3) is 0 Å². The number of nitrogens with one attached hydrogen (secondary N) is 1. The molecule has 3 aliphatic rings. The number of fused-ring (bicyclic) bond motifs is 2. The molecule has 0 amide bonds. The number of rotatable bonds is 7. The maximum atomic E-state index is 13.5. The van der Waals surface area contributed by atoms with E-state index in [0.717, 1.165) is 56.3 Å². The number of hydrogen-bond donors (Lipinski definition) is 1. The van der Waals surface area contributed by atoms with Crippen molar-refractivity contribution in [1.29, 1.82) is 0 Å². The van der Waals surface area contributed by atoms with Gasteiger partial charge in [0.05, 0.1) is 25.3 Å². The molecule has 2 aliphatic carbocycles. The number of nitrogens with zero attached hydrogens (tertiary/aromatic N) is 1. The average Bonchev–Trinajstić information content (AvgIpc) is 3.12. The van der Waals surface area contributed by atoms with Crippen molar-refractivity contribution in [2.45, 2.75) is 54.9 Å². The number of sulfonamides is 1. The molecule has 35 heavy (non-hydrogen) atoms. The Morgan fingerprint density at radius 1 is 1.03 bits per heavy atom. The Balaban J connectivity index is 1.55. The number of carbonyl (C=O) groups is 1. The fraction of sp³-hybridized carbons (Fsp3) is 0.500. The van der Waals surface area contributed by atoms with Crippen LogP contribution in [-0.2, 0) is 26.7 Å². The molecule has 1 saturated heterocycles. The lowest BCUT2D eigenvalue weighted by atomic mass is 9.64. The van der Waals surface area contributed by atoms with Crippen LogP contribution in [0.2, 0.25) is 0 Å². The Morgan fingerprint density at radius 2 is 1.69 bits per heavy atom. The summed E-state index contributed by atoms with van der Waals surface area (Å²) in [7, 11) is 0.870. The highest BCUT2D eigenvalue weighted by molar-refractivity contribution is 7.93. The summed E-state index contributed by atoms with van der Waals surface area (Å²) in [5, 5.41) is 0. The van der Waals surface area contributed by atoms with Gasteiger partial charge in [0, 0.05) is 31.1 Å². The Hall–Kier alpha value is -2.78. The van der Waals surface area contributed by atoms with Gasteiger partial charge in [-0.15, -0.1) is 0 Å². The Kier molecular flexibility index (Phi) is 6.17. The van der Waals surface area contributed by atoms with Crippen LogP contribution >= 0.6 is 0 Å². The Morgan fingerprint density at radius 3 is 2.26 bits per heavy atom. The molecule has 1 N–H and O–H groups in total. The van der Waals surface area contributed by atoms with Crippen molar-refractivity contribution >= 4 is 21.5 Å². The summed E-state index contributed by atoms with van der Waals surface area (Å²) < 4.78 is 46.8. The summed E-state index contributed by atoms with van der Waals surface area (Å²) in [4.78, 5) is 15.3. The number of Topliss-reactive ketones (excluding diaryl/α,β-unsaturated/α-hetero) is 1. The summed E-state index contributed by atoms with van der Waals surface area (Å²) in [5.74, 6) is 1.19. The molecule has 188 valence electrons. The van der Waals surface area contributed by atoms with Crippen LogP contribution in [-0.4, -0.2) is 59.6 Å². The highest BCUT2D eigenvalue weighted by atomic mass is 32.2. The second-order valence-electron chi connectivity index (χ2n) is 9.75.